The lowest BCUT2D eigenvalue weighted by Gasteiger charge is -2.36. The highest BCUT2D eigenvalue weighted by atomic mass is 16.3. The zero-order valence-electron chi connectivity index (χ0n) is 16.5. The van der Waals surface area contributed by atoms with E-state index in [9.17, 15) is 5.11 Å². The highest BCUT2D eigenvalue weighted by molar-refractivity contribution is 5.54. The van der Waals surface area contributed by atoms with E-state index in [1.54, 1.807) is 0 Å². The van der Waals surface area contributed by atoms with Gasteiger partial charge in [-0.05, 0) is 12.8 Å². The van der Waals surface area contributed by atoms with Crippen LogP contribution in [0.15, 0.2) is 12.4 Å². The minimum Gasteiger partial charge on any atom is -0.393 e. The van der Waals surface area contributed by atoms with Crippen LogP contribution in [0.25, 0.3) is 0 Å². The number of anilines is 2. The molecule has 2 aliphatic rings. The van der Waals surface area contributed by atoms with E-state index in [1.165, 1.54) is 5.56 Å². The van der Waals surface area contributed by atoms with Crippen LogP contribution in [0.1, 0.15) is 29.9 Å². The lowest BCUT2D eigenvalue weighted by Crippen LogP contribution is -2.39. The number of aliphatic hydroxyl groups is 1. The van der Waals surface area contributed by atoms with E-state index in [0.717, 1.165) is 75.3 Å². The minimum absolute atomic E-state index is 0.188. The summed E-state index contributed by atoms with van der Waals surface area (Å²) in [4.78, 5) is 20.9. The number of fused-ring (bicyclic) bond motifs is 1. The molecule has 0 atom stereocenters. The molecule has 0 aliphatic carbocycles. The molecule has 27 heavy (non-hydrogen) atoms. The average Bonchev–Trinajstić information content (AvgIpc) is 3.06. The smallest absolute Gasteiger partial charge is 0.227 e. The maximum absolute atomic E-state index is 9.88. The summed E-state index contributed by atoms with van der Waals surface area (Å²) >= 11 is 0. The number of hydrogen-bond acceptors (Lipinski definition) is 7. The maximum atomic E-state index is 9.88. The van der Waals surface area contributed by atoms with Gasteiger partial charge in [-0.3, -0.25) is 4.90 Å². The van der Waals surface area contributed by atoms with Crippen LogP contribution in [0.3, 0.4) is 0 Å². The molecule has 2 aliphatic heterocycles. The minimum atomic E-state index is -0.188. The molecule has 0 unspecified atom stereocenters. The first-order chi connectivity index (χ1) is 13.0. The summed E-state index contributed by atoms with van der Waals surface area (Å²) in [5.41, 5.74) is 2.39. The molecule has 2 aromatic heterocycles. The Morgan fingerprint density at radius 3 is 2.63 bits per heavy atom. The number of rotatable bonds is 4. The van der Waals surface area contributed by atoms with Gasteiger partial charge < -0.3 is 19.5 Å². The number of aliphatic hydroxyl groups excluding tert-OH is 1. The summed E-state index contributed by atoms with van der Waals surface area (Å²) in [5, 5.41) is 9.88. The highest BCUT2D eigenvalue weighted by Crippen LogP contribution is 2.30. The third-order valence-corrected chi connectivity index (χ3v) is 5.56. The van der Waals surface area contributed by atoms with E-state index in [-0.39, 0.29) is 6.10 Å². The second-order valence-electron chi connectivity index (χ2n) is 7.80. The van der Waals surface area contributed by atoms with Crippen LogP contribution in [0.2, 0.25) is 0 Å². The van der Waals surface area contributed by atoms with Crippen molar-refractivity contribution in [2.45, 2.75) is 38.5 Å². The Kier molecular flexibility index (Phi) is 5.01. The van der Waals surface area contributed by atoms with Crippen LogP contribution in [-0.4, -0.2) is 69.4 Å². The van der Waals surface area contributed by atoms with Crippen molar-refractivity contribution in [3.63, 3.8) is 0 Å². The van der Waals surface area contributed by atoms with Gasteiger partial charge in [-0.25, -0.2) is 9.97 Å². The van der Waals surface area contributed by atoms with Crippen molar-refractivity contribution in [3.05, 3.63) is 29.5 Å². The van der Waals surface area contributed by atoms with Gasteiger partial charge in [-0.15, -0.1) is 0 Å². The van der Waals surface area contributed by atoms with Gasteiger partial charge >= 0.3 is 0 Å². The van der Waals surface area contributed by atoms with Crippen LogP contribution in [0.4, 0.5) is 11.8 Å². The SMILES string of the molecule is CN(C)c1nc2c(c(N3CCC(O)CC3)n1)CN(Cc1nccn1C)CC2. The maximum Gasteiger partial charge on any atom is 0.227 e. The Labute approximate surface area is 160 Å². The van der Waals surface area contributed by atoms with E-state index in [4.69, 9.17) is 9.97 Å². The highest BCUT2D eigenvalue weighted by Gasteiger charge is 2.28. The van der Waals surface area contributed by atoms with Crippen molar-refractivity contribution >= 4 is 11.8 Å². The fourth-order valence-corrected chi connectivity index (χ4v) is 3.86. The lowest BCUT2D eigenvalue weighted by molar-refractivity contribution is 0.145. The Bertz CT molecular complexity index is 795. The monoisotopic (exact) mass is 371 g/mol. The molecule has 0 saturated carbocycles. The van der Waals surface area contributed by atoms with Gasteiger partial charge in [0.05, 0.1) is 18.3 Å². The summed E-state index contributed by atoms with van der Waals surface area (Å²) in [5.74, 6) is 2.89. The number of hydrogen-bond donors (Lipinski definition) is 1. The molecular formula is C19H29N7O. The summed E-state index contributed by atoms with van der Waals surface area (Å²) < 4.78 is 2.08. The standard InChI is InChI=1S/C19H29N7O/c1-23(2)19-21-16-6-8-25(13-17-20-7-11-24(17)3)12-15(16)18(22-19)26-9-4-14(27)5-10-26/h7,11,14,27H,4-6,8-10,12-13H2,1-3H3. The number of aryl methyl sites for hydroxylation is 1. The van der Waals surface area contributed by atoms with Crippen molar-refractivity contribution < 1.29 is 5.11 Å². The van der Waals surface area contributed by atoms with Crippen LogP contribution in [-0.2, 0) is 26.6 Å². The first-order valence-corrected chi connectivity index (χ1v) is 9.70. The predicted molar refractivity (Wildman–Crippen MR) is 105 cm³/mol. The van der Waals surface area contributed by atoms with Gasteiger partial charge in [-0.1, -0.05) is 0 Å². The fourth-order valence-electron chi connectivity index (χ4n) is 3.86. The number of nitrogens with zero attached hydrogens (tertiary/aromatic N) is 7. The Morgan fingerprint density at radius 2 is 1.96 bits per heavy atom. The topological polar surface area (TPSA) is 73.6 Å². The molecule has 2 aromatic rings. The van der Waals surface area contributed by atoms with Gasteiger partial charge in [0, 0.05) is 71.7 Å². The van der Waals surface area contributed by atoms with Crippen molar-refractivity contribution in [3.8, 4) is 0 Å². The molecule has 4 heterocycles. The van der Waals surface area contributed by atoms with Gasteiger partial charge in [-0.2, -0.15) is 4.98 Å². The van der Waals surface area contributed by atoms with Gasteiger partial charge in [0.1, 0.15) is 11.6 Å². The van der Waals surface area contributed by atoms with Crippen LogP contribution >= 0.6 is 0 Å². The summed E-state index contributed by atoms with van der Waals surface area (Å²) in [7, 11) is 6.01. The van der Waals surface area contributed by atoms with Crippen molar-refractivity contribution in [1.82, 2.24) is 24.4 Å². The molecule has 8 nitrogen and oxygen atoms in total. The number of aromatic nitrogens is 4. The van der Waals surface area contributed by atoms with Gasteiger partial charge in [0.25, 0.3) is 0 Å². The van der Waals surface area contributed by atoms with Crippen LogP contribution < -0.4 is 9.80 Å². The molecular weight excluding hydrogens is 342 g/mol. The zero-order chi connectivity index (χ0) is 19.0. The van der Waals surface area contributed by atoms with Crippen molar-refractivity contribution in [2.75, 3.05) is 43.5 Å². The third-order valence-electron chi connectivity index (χ3n) is 5.56. The zero-order valence-corrected chi connectivity index (χ0v) is 16.5. The first-order valence-electron chi connectivity index (χ1n) is 9.70. The first kappa shape index (κ1) is 18.2. The van der Waals surface area contributed by atoms with Crippen molar-refractivity contribution in [1.29, 1.82) is 0 Å². The molecule has 1 saturated heterocycles. The molecule has 0 radical (unpaired) electrons. The van der Waals surface area contributed by atoms with Gasteiger partial charge in [0.2, 0.25) is 5.95 Å². The van der Waals surface area contributed by atoms with E-state index < -0.39 is 0 Å². The fraction of sp³-hybridized carbons (Fsp3) is 0.632. The quantitative estimate of drug-likeness (QED) is 0.852. The largest absolute Gasteiger partial charge is 0.393 e. The van der Waals surface area contributed by atoms with E-state index in [2.05, 4.69) is 19.4 Å². The molecule has 0 amide bonds. The van der Waals surface area contributed by atoms with E-state index >= 15 is 0 Å². The molecule has 0 bridgehead atoms. The molecule has 1 N–H and O–H groups in total. The molecule has 4 rings (SSSR count). The molecule has 0 spiro atoms. The second kappa shape index (κ2) is 7.44. The molecule has 8 heteroatoms. The normalized spacial score (nSPS) is 18.6. The van der Waals surface area contributed by atoms with Crippen molar-refractivity contribution in [2.24, 2.45) is 7.05 Å². The second-order valence-corrected chi connectivity index (χ2v) is 7.80. The number of piperidine rings is 1. The van der Waals surface area contributed by atoms with Crippen LogP contribution in [0, 0.1) is 0 Å². The predicted octanol–water partition coefficient (Wildman–Crippen LogP) is 0.795. The summed E-state index contributed by atoms with van der Waals surface area (Å²) in [6.07, 6.45) is 6.17. The van der Waals surface area contributed by atoms with Gasteiger partial charge in [0.15, 0.2) is 0 Å². The Morgan fingerprint density at radius 1 is 1.19 bits per heavy atom. The summed E-state index contributed by atoms with van der Waals surface area (Å²) in [6.45, 7) is 4.33. The molecule has 146 valence electrons. The lowest BCUT2D eigenvalue weighted by atomic mass is 10.0. The molecule has 0 aromatic carbocycles. The third kappa shape index (κ3) is 3.77. The average molecular weight is 371 g/mol. The Balaban J connectivity index is 1.63. The van der Waals surface area contributed by atoms with E-state index in [0.29, 0.717) is 0 Å². The number of imidazole rings is 1. The van der Waals surface area contributed by atoms with E-state index in [1.807, 2.05) is 38.4 Å². The Hall–Kier alpha value is -2.19. The van der Waals surface area contributed by atoms with Crippen LogP contribution in [0.5, 0.6) is 0 Å². The molecule has 1 fully saturated rings. The summed E-state index contributed by atoms with van der Waals surface area (Å²) in [6, 6.07) is 0.